The average Bonchev–Trinajstić information content (AvgIpc) is 2.96. The Bertz CT molecular complexity index is 372. The molecule has 7 nitrogen and oxygen atoms in total. The molecule has 106 valence electrons. The molecule has 0 amide bonds. The lowest BCUT2D eigenvalue weighted by atomic mass is 10.4. The maximum atomic E-state index is 5.03. The van der Waals surface area contributed by atoms with Crippen LogP contribution in [0.2, 0.25) is 0 Å². The monoisotopic (exact) mass is 266 g/mol. The fourth-order valence-corrected chi connectivity index (χ4v) is 2.15. The Balaban J connectivity index is 1.77. The zero-order valence-corrected chi connectivity index (χ0v) is 11.6. The van der Waals surface area contributed by atoms with Gasteiger partial charge in [-0.25, -0.2) is 0 Å². The molecule has 2 rings (SSSR count). The van der Waals surface area contributed by atoms with Crippen molar-refractivity contribution in [3.8, 4) is 6.01 Å². The summed E-state index contributed by atoms with van der Waals surface area (Å²) in [5.41, 5.74) is 0. The summed E-state index contributed by atoms with van der Waals surface area (Å²) in [4.78, 5) is 14.9. The molecule has 0 bridgehead atoms. The number of nitrogens with zero attached hydrogens (tertiary/aromatic N) is 4. The van der Waals surface area contributed by atoms with E-state index < -0.39 is 0 Å². The van der Waals surface area contributed by atoms with Crippen LogP contribution in [-0.4, -0.2) is 60.2 Å². The van der Waals surface area contributed by atoms with E-state index in [-0.39, 0.29) is 0 Å². The standard InChI is InChI=1S/C12H22N6O/c1-13-10-15-11(17-12(16-10)19-2)14-6-5-9-18-7-3-4-8-18/h3-9H2,1-2H3,(H2,13,14,15,16,17). The van der Waals surface area contributed by atoms with Gasteiger partial charge < -0.3 is 20.3 Å². The van der Waals surface area contributed by atoms with Gasteiger partial charge in [0.05, 0.1) is 7.11 Å². The number of hydrogen-bond acceptors (Lipinski definition) is 7. The third-order valence-corrected chi connectivity index (χ3v) is 3.15. The minimum Gasteiger partial charge on any atom is -0.467 e. The third-order valence-electron chi connectivity index (χ3n) is 3.15. The van der Waals surface area contributed by atoms with Crippen molar-refractivity contribution in [2.24, 2.45) is 0 Å². The molecule has 1 aromatic rings. The van der Waals surface area contributed by atoms with Gasteiger partial charge in [-0.05, 0) is 38.9 Å². The van der Waals surface area contributed by atoms with Gasteiger partial charge in [0, 0.05) is 13.6 Å². The second-order valence-electron chi connectivity index (χ2n) is 4.55. The quantitative estimate of drug-likeness (QED) is 0.708. The Morgan fingerprint density at radius 1 is 1.16 bits per heavy atom. The van der Waals surface area contributed by atoms with E-state index in [2.05, 4.69) is 30.5 Å². The first kappa shape index (κ1) is 13.8. The highest BCUT2D eigenvalue weighted by Crippen LogP contribution is 2.10. The first-order valence-electron chi connectivity index (χ1n) is 6.76. The zero-order chi connectivity index (χ0) is 13.5. The molecule has 2 heterocycles. The van der Waals surface area contributed by atoms with Crippen LogP contribution in [-0.2, 0) is 0 Å². The van der Waals surface area contributed by atoms with Gasteiger partial charge in [-0.15, -0.1) is 0 Å². The lowest BCUT2D eigenvalue weighted by Crippen LogP contribution is -2.22. The van der Waals surface area contributed by atoms with Gasteiger partial charge in [0.1, 0.15) is 0 Å². The predicted molar refractivity (Wildman–Crippen MR) is 74.7 cm³/mol. The van der Waals surface area contributed by atoms with Crippen LogP contribution in [0.3, 0.4) is 0 Å². The molecular weight excluding hydrogens is 244 g/mol. The second-order valence-corrected chi connectivity index (χ2v) is 4.55. The van der Waals surface area contributed by atoms with E-state index in [0.29, 0.717) is 17.9 Å². The molecule has 0 unspecified atom stereocenters. The highest BCUT2D eigenvalue weighted by atomic mass is 16.5. The van der Waals surface area contributed by atoms with E-state index in [9.17, 15) is 0 Å². The van der Waals surface area contributed by atoms with E-state index in [1.165, 1.54) is 25.9 Å². The van der Waals surface area contributed by atoms with Gasteiger partial charge in [-0.3, -0.25) is 0 Å². The summed E-state index contributed by atoms with van der Waals surface area (Å²) in [6.07, 6.45) is 3.76. The van der Waals surface area contributed by atoms with E-state index in [1.54, 1.807) is 14.2 Å². The molecule has 1 aromatic heterocycles. The number of rotatable bonds is 7. The van der Waals surface area contributed by atoms with Gasteiger partial charge in [-0.1, -0.05) is 0 Å². The number of ether oxygens (including phenoxy) is 1. The first-order valence-corrected chi connectivity index (χ1v) is 6.76. The maximum absolute atomic E-state index is 5.03. The molecule has 0 saturated carbocycles. The fraction of sp³-hybridized carbons (Fsp3) is 0.750. The van der Waals surface area contributed by atoms with E-state index in [1.807, 2.05) is 0 Å². The van der Waals surface area contributed by atoms with Crippen LogP contribution in [0.1, 0.15) is 19.3 Å². The summed E-state index contributed by atoms with van der Waals surface area (Å²) in [6.45, 7) is 4.47. The topological polar surface area (TPSA) is 75.2 Å². The molecule has 1 fully saturated rings. The molecule has 7 heteroatoms. The predicted octanol–water partition coefficient (Wildman–Crippen LogP) is 0.820. The van der Waals surface area contributed by atoms with Gasteiger partial charge in [-0.2, -0.15) is 15.0 Å². The van der Waals surface area contributed by atoms with Gasteiger partial charge >= 0.3 is 6.01 Å². The minimum absolute atomic E-state index is 0.321. The van der Waals surface area contributed by atoms with Crippen LogP contribution in [0.5, 0.6) is 6.01 Å². The van der Waals surface area contributed by atoms with Crippen molar-refractivity contribution < 1.29 is 4.74 Å². The molecule has 0 aliphatic carbocycles. The normalized spacial score (nSPS) is 15.5. The van der Waals surface area contributed by atoms with Crippen molar-refractivity contribution in [1.82, 2.24) is 19.9 Å². The maximum Gasteiger partial charge on any atom is 0.322 e. The summed E-state index contributed by atoms with van der Waals surface area (Å²) in [5.74, 6) is 1.06. The van der Waals surface area contributed by atoms with Crippen LogP contribution in [0.4, 0.5) is 11.9 Å². The molecule has 2 N–H and O–H groups in total. The zero-order valence-electron chi connectivity index (χ0n) is 11.6. The average molecular weight is 266 g/mol. The summed E-state index contributed by atoms with van der Waals surface area (Å²) in [6, 6.07) is 0.321. The third kappa shape index (κ3) is 4.20. The second kappa shape index (κ2) is 7.08. The number of hydrogen-bond donors (Lipinski definition) is 2. The molecule has 1 aliphatic heterocycles. The number of nitrogens with one attached hydrogen (secondary N) is 2. The Morgan fingerprint density at radius 2 is 1.89 bits per heavy atom. The molecule has 19 heavy (non-hydrogen) atoms. The minimum atomic E-state index is 0.321. The number of methoxy groups -OCH3 is 1. The van der Waals surface area contributed by atoms with Crippen molar-refractivity contribution in [3.05, 3.63) is 0 Å². The molecular formula is C12H22N6O. The summed E-state index contributed by atoms with van der Waals surface area (Å²) in [5, 5.41) is 6.10. The van der Waals surface area contributed by atoms with Crippen LogP contribution in [0.25, 0.3) is 0 Å². The van der Waals surface area contributed by atoms with Crippen molar-refractivity contribution in [2.75, 3.05) is 51.0 Å². The summed E-state index contributed by atoms with van der Waals surface area (Å²) >= 11 is 0. The van der Waals surface area contributed by atoms with E-state index in [4.69, 9.17) is 4.74 Å². The number of anilines is 2. The van der Waals surface area contributed by atoms with Crippen molar-refractivity contribution in [3.63, 3.8) is 0 Å². The molecule has 0 radical (unpaired) electrons. The lowest BCUT2D eigenvalue weighted by Gasteiger charge is -2.14. The Hall–Kier alpha value is -1.63. The number of likely N-dealkylation sites (tertiary alicyclic amines) is 1. The molecule has 1 aliphatic rings. The van der Waals surface area contributed by atoms with Gasteiger partial charge in [0.25, 0.3) is 0 Å². The van der Waals surface area contributed by atoms with Crippen LogP contribution in [0, 0.1) is 0 Å². The largest absolute Gasteiger partial charge is 0.467 e. The van der Waals surface area contributed by atoms with Crippen molar-refractivity contribution in [2.45, 2.75) is 19.3 Å². The Labute approximate surface area is 113 Å². The van der Waals surface area contributed by atoms with E-state index >= 15 is 0 Å². The fourth-order valence-electron chi connectivity index (χ4n) is 2.15. The van der Waals surface area contributed by atoms with E-state index in [0.717, 1.165) is 19.5 Å². The molecule has 1 saturated heterocycles. The molecule has 0 aromatic carbocycles. The van der Waals surface area contributed by atoms with Gasteiger partial charge in [0.15, 0.2) is 0 Å². The summed E-state index contributed by atoms with van der Waals surface area (Å²) in [7, 11) is 3.32. The molecule has 0 spiro atoms. The van der Waals surface area contributed by atoms with Crippen LogP contribution >= 0.6 is 0 Å². The van der Waals surface area contributed by atoms with Gasteiger partial charge in [0.2, 0.25) is 11.9 Å². The smallest absolute Gasteiger partial charge is 0.322 e. The first-order chi connectivity index (χ1) is 9.31. The number of aromatic nitrogens is 3. The Kier molecular flexibility index (Phi) is 5.14. The van der Waals surface area contributed by atoms with Crippen LogP contribution < -0.4 is 15.4 Å². The van der Waals surface area contributed by atoms with Crippen molar-refractivity contribution in [1.29, 1.82) is 0 Å². The highest BCUT2D eigenvalue weighted by Gasteiger charge is 2.10. The van der Waals surface area contributed by atoms with Crippen molar-refractivity contribution >= 4 is 11.9 Å². The lowest BCUT2D eigenvalue weighted by molar-refractivity contribution is 0.337. The van der Waals surface area contributed by atoms with Crippen LogP contribution in [0.15, 0.2) is 0 Å². The molecule has 0 atom stereocenters. The summed E-state index contributed by atoms with van der Waals surface area (Å²) < 4.78 is 5.03. The Morgan fingerprint density at radius 3 is 2.58 bits per heavy atom. The highest BCUT2D eigenvalue weighted by molar-refractivity contribution is 5.35. The SMILES string of the molecule is CNc1nc(NCCCN2CCCC2)nc(OC)n1.